The number of pyridine rings is 1. The van der Waals surface area contributed by atoms with Gasteiger partial charge in [-0.05, 0) is 48.4 Å². The van der Waals surface area contributed by atoms with E-state index in [-0.39, 0.29) is 6.03 Å². The number of carbonyl (C=O) groups is 1. The molecule has 0 bridgehead atoms. The summed E-state index contributed by atoms with van der Waals surface area (Å²) in [6, 6.07) is 16.3. The zero-order chi connectivity index (χ0) is 20.2. The maximum Gasteiger partial charge on any atom is 0.323 e. The lowest BCUT2D eigenvalue weighted by atomic mass is 10.0. The van der Waals surface area contributed by atoms with Gasteiger partial charge in [-0.3, -0.25) is 5.10 Å². The summed E-state index contributed by atoms with van der Waals surface area (Å²) < 4.78 is 5.53. The molecule has 5 N–H and O–H groups in total. The molecule has 0 saturated carbocycles. The average molecular weight is 388 g/mol. The smallest absolute Gasteiger partial charge is 0.323 e. The maximum atomic E-state index is 12.4. The Morgan fingerprint density at radius 1 is 1.10 bits per heavy atom. The van der Waals surface area contributed by atoms with Gasteiger partial charge in [-0.2, -0.15) is 5.10 Å². The van der Waals surface area contributed by atoms with Crippen molar-refractivity contribution in [3.63, 3.8) is 0 Å². The molecule has 0 saturated heterocycles. The molecule has 8 nitrogen and oxygen atoms in total. The van der Waals surface area contributed by atoms with Crippen LogP contribution in [0, 0.1) is 0 Å². The molecule has 2 aromatic heterocycles. The van der Waals surface area contributed by atoms with E-state index >= 15 is 0 Å². The molecule has 0 atom stereocenters. The van der Waals surface area contributed by atoms with E-state index < -0.39 is 0 Å². The topological polar surface area (TPSA) is 118 Å². The van der Waals surface area contributed by atoms with Crippen molar-refractivity contribution in [3.8, 4) is 16.9 Å². The second kappa shape index (κ2) is 7.89. The molecular formula is C21H20N6O2. The van der Waals surface area contributed by atoms with E-state index in [1.165, 1.54) is 0 Å². The first-order valence-corrected chi connectivity index (χ1v) is 9.14. The van der Waals surface area contributed by atoms with Crippen molar-refractivity contribution in [2.75, 3.05) is 23.0 Å². The van der Waals surface area contributed by atoms with Gasteiger partial charge in [0.2, 0.25) is 0 Å². The Morgan fingerprint density at radius 2 is 1.90 bits per heavy atom. The Morgan fingerprint density at radius 3 is 2.69 bits per heavy atom. The fourth-order valence-electron chi connectivity index (χ4n) is 3.08. The number of nitrogen functional groups attached to an aromatic ring is 1. The van der Waals surface area contributed by atoms with Gasteiger partial charge in [0.05, 0.1) is 17.7 Å². The van der Waals surface area contributed by atoms with Gasteiger partial charge in [0, 0.05) is 11.9 Å². The third-order valence-electron chi connectivity index (χ3n) is 4.38. The highest BCUT2D eigenvalue weighted by Crippen LogP contribution is 2.31. The van der Waals surface area contributed by atoms with E-state index in [0.29, 0.717) is 35.2 Å². The minimum Gasteiger partial charge on any atom is -0.492 e. The van der Waals surface area contributed by atoms with Crippen molar-refractivity contribution in [3.05, 3.63) is 60.8 Å². The maximum absolute atomic E-state index is 12.4. The summed E-state index contributed by atoms with van der Waals surface area (Å²) in [5, 5.41) is 13.2. The van der Waals surface area contributed by atoms with Crippen LogP contribution in [0.4, 0.5) is 22.0 Å². The highest BCUT2D eigenvalue weighted by atomic mass is 16.5. The Labute approximate surface area is 167 Å². The Balaban J connectivity index is 1.50. The van der Waals surface area contributed by atoms with E-state index in [9.17, 15) is 4.79 Å². The van der Waals surface area contributed by atoms with Gasteiger partial charge >= 0.3 is 6.03 Å². The molecule has 4 aromatic rings. The zero-order valence-electron chi connectivity index (χ0n) is 15.8. The van der Waals surface area contributed by atoms with Gasteiger partial charge in [-0.25, -0.2) is 9.78 Å². The number of fused-ring (bicyclic) bond motifs is 1. The lowest BCUT2D eigenvalue weighted by molar-refractivity contribution is 0.262. The van der Waals surface area contributed by atoms with Crippen LogP contribution in [0.3, 0.4) is 0 Å². The largest absolute Gasteiger partial charge is 0.492 e. The lowest BCUT2D eigenvalue weighted by Gasteiger charge is -2.12. The molecule has 2 heterocycles. The predicted octanol–water partition coefficient (Wildman–Crippen LogP) is 4.25. The van der Waals surface area contributed by atoms with E-state index in [4.69, 9.17) is 10.5 Å². The molecule has 8 heteroatoms. The summed E-state index contributed by atoms with van der Waals surface area (Å²) in [4.78, 5) is 16.6. The number of nitrogens with one attached hydrogen (secondary N) is 3. The predicted molar refractivity (Wildman–Crippen MR) is 114 cm³/mol. The van der Waals surface area contributed by atoms with Crippen LogP contribution in [0.2, 0.25) is 0 Å². The zero-order valence-corrected chi connectivity index (χ0v) is 15.8. The van der Waals surface area contributed by atoms with Crippen molar-refractivity contribution in [1.82, 2.24) is 15.2 Å². The minimum atomic E-state index is -0.352. The molecule has 0 spiro atoms. The number of amides is 2. The number of aromatic amines is 1. The Kier molecular flexibility index (Phi) is 4.98. The quantitative estimate of drug-likeness (QED) is 0.408. The number of carbonyl (C=O) groups excluding carboxylic acids is 1. The van der Waals surface area contributed by atoms with Gasteiger partial charge in [0.25, 0.3) is 0 Å². The molecule has 4 rings (SSSR count). The molecule has 2 amide bonds. The van der Waals surface area contributed by atoms with E-state index in [2.05, 4.69) is 25.8 Å². The molecule has 2 aromatic carbocycles. The Bertz CT molecular complexity index is 1150. The lowest BCUT2D eigenvalue weighted by Crippen LogP contribution is -2.19. The van der Waals surface area contributed by atoms with Crippen LogP contribution in [-0.4, -0.2) is 27.8 Å². The standard InChI is InChI=1S/C21H20N6O2/c1-2-29-17-6-4-3-5-16(17)25-21(28)24-14-9-7-13(8-10-14)15-11-12-23-20-18(15)19(22)26-27-20/h3-12H,2H2,1H3,(H2,24,25,28)(H3,22,23,26,27). The third kappa shape index (κ3) is 3.81. The van der Waals surface area contributed by atoms with Crippen LogP contribution in [0.25, 0.3) is 22.2 Å². The second-order valence-corrected chi connectivity index (χ2v) is 6.28. The number of ether oxygens (including phenoxy) is 1. The summed E-state index contributed by atoms with van der Waals surface area (Å²) in [5.41, 5.74) is 9.72. The van der Waals surface area contributed by atoms with Crippen LogP contribution < -0.4 is 21.1 Å². The number of H-pyrrole nitrogens is 1. The van der Waals surface area contributed by atoms with Crippen LogP contribution in [0.5, 0.6) is 5.75 Å². The average Bonchev–Trinajstić information content (AvgIpc) is 3.11. The number of nitrogens with zero attached hydrogens (tertiary/aromatic N) is 2. The molecule has 0 aliphatic carbocycles. The number of para-hydroxylation sites is 2. The number of aromatic nitrogens is 3. The fraction of sp³-hybridized carbons (Fsp3) is 0.0952. The molecule has 146 valence electrons. The van der Waals surface area contributed by atoms with E-state index in [0.717, 1.165) is 16.5 Å². The normalized spacial score (nSPS) is 10.7. The van der Waals surface area contributed by atoms with Gasteiger partial charge in [0.1, 0.15) is 5.75 Å². The number of hydrogen-bond acceptors (Lipinski definition) is 5. The van der Waals surface area contributed by atoms with Crippen LogP contribution >= 0.6 is 0 Å². The molecule has 0 aliphatic heterocycles. The molecule has 29 heavy (non-hydrogen) atoms. The van der Waals surface area contributed by atoms with Gasteiger partial charge < -0.3 is 21.1 Å². The summed E-state index contributed by atoms with van der Waals surface area (Å²) >= 11 is 0. The summed E-state index contributed by atoms with van der Waals surface area (Å²) in [7, 11) is 0. The second-order valence-electron chi connectivity index (χ2n) is 6.28. The number of urea groups is 1. The molecular weight excluding hydrogens is 368 g/mol. The minimum absolute atomic E-state index is 0.352. The number of anilines is 3. The van der Waals surface area contributed by atoms with Crippen LogP contribution in [-0.2, 0) is 0 Å². The summed E-state index contributed by atoms with van der Waals surface area (Å²) in [6.45, 7) is 2.41. The first kappa shape index (κ1) is 18.3. The van der Waals surface area contributed by atoms with Crippen molar-refractivity contribution in [2.45, 2.75) is 6.92 Å². The number of hydrogen-bond donors (Lipinski definition) is 4. The summed E-state index contributed by atoms with van der Waals surface area (Å²) in [5.74, 6) is 1.03. The molecule has 0 unspecified atom stereocenters. The summed E-state index contributed by atoms with van der Waals surface area (Å²) in [6.07, 6.45) is 1.70. The van der Waals surface area contributed by atoms with Gasteiger partial charge in [0.15, 0.2) is 11.5 Å². The third-order valence-corrected chi connectivity index (χ3v) is 4.38. The van der Waals surface area contributed by atoms with E-state index in [1.54, 1.807) is 12.3 Å². The number of rotatable bonds is 5. The highest BCUT2D eigenvalue weighted by molar-refractivity contribution is 6.02. The monoisotopic (exact) mass is 388 g/mol. The Hall–Kier alpha value is -4.07. The molecule has 0 fully saturated rings. The molecule has 0 aliphatic rings. The number of nitrogens with two attached hydrogens (primary N) is 1. The van der Waals surface area contributed by atoms with Crippen molar-refractivity contribution in [2.24, 2.45) is 0 Å². The first-order chi connectivity index (χ1) is 14.2. The van der Waals surface area contributed by atoms with Gasteiger partial charge in [-0.15, -0.1) is 0 Å². The SMILES string of the molecule is CCOc1ccccc1NC(=O)Nc1ccc(-c2ccnc3[nH]nc(N)c23)cc1. The number of benzene rings is 2. The first-order valence-electron chi connectivity index (χ1n) is 9.14. The van der Waals surface area contributed by atoms with Gasteiger partial charge in [-0.1, -0.05) is 24.3 Å². The van der Waals surface area contributed by atoms with Crippen LogP contribution in [0.1, 0.15) is 6.92 Å². The molecule has 0 radical (unpaired) electrons. The van der Waals surface area contributed by atoms with Crippen LogP contribution in [0.15, 0.2) is 60.8 Å². The van der Waals surface area contributed by atoms with E-state index in [1.807, 2.05) is 55.5 Å². The van der Waals surface area contributed by atoms with Crippen molar-refractivity contribution < 1.29 is 9.53 Å². The fourth-order valence-corrected chi connectivity index (χ4v) is 3.08. The van der Waals surface area contributed by atoms with Crippen molar-refractivity contribution in [1.29, 1.82) is 0 Å². The van der Waals surface area contributed by atoms with Crippen molar-refractivity contribution >= 4 is 34.3 Å². The highest BCUT2D eigenvalue weighted by Gasteiger charge is 2.11.